The molecule has 0 spiro atoms. The van der Waals surface area contributed by atoms with E-state index in [-0.39, 0.29) is 11.9 Å². The minimum absolute atomic E-state index is 0.0834. The zero-order valence-corrected chi connectivity index (χ0v) is 13.3. The van der Waals surface area contributed by atoms with Crippen molar-refractivity contribution in [1.82, 2.24) is 15.5 Å². The summed E-state index contributed by atoms with van der Waals surface area (Å²) in [7, 11) is 0. The van der Waals surface area contributed by atoms with Crippen LogP contribution in [0.5, 0.6) is 0 Å². The van der Waals surface area contributed by atoms with E-state index in [1.54, 1.807) is 4.90 Å². The number of hydrogen-bond donors (Lipinski definition) is 2. The summed E-state index contributed by atoms with van der Waals surface area (Å²) in [5.74, 6) is 0.0971. The van der Waals surface area contributed by atoms with Gasteiger partial charge in [-0.05, 0) is 37.5 Å². The van der Waals surface area contributed by atoms with Crippen molar-refractivity contribution in [3.05, 3.63) is 29.3 Å². The van der Waals surface area contributed by atoms with Gasteiger partial charge in [0.05, 0.1) is 0 Å². The molecule has 0 unspecified atom stereocenters. The summed E-state index contributed by atoms with van der Waals surface area (Å²) in [5, 5.41) is 6.21. The lowest BCUT2D eigenvalue weighted by molar-refractivity contribution is 0.0619. The molecule has 0 aromatic heterocycles. The van der Waals surface area contributed by atoms with Crippen LogP contribution in [0.25, 0.3) is 0 Å². The Labute approximate surface area is 135 Å². The summed E-state index contributed by atoms with van der Waals surface area (Å²) in [6.45, 7) is 5.04. The van der Waals surface area contributed by atoms with Gasteiger partial charge in [0.15, 0.2) is 0 Å². The Morgan fingerprint density at radius 2 is 1.96 bits per heavy atom. The molecule has 3 aliphatic rings. The minimum atomic E-state index is -0.0834. The van der Waals surface area contributed by atoms with E-state index >= 15 is 0 Å². The highest BCUT2D eigenvalue weighted by Gasteiger charge is 2.40. The molecule has 2 bridgehead atoms. The van der Waals surface area contributed by atoms with Crippen LogP contribution in [0.2, 0.25) is 0 Å². The van der Waals surface area contributed by atoms with Crippen molar-refractivity contribution in [2.75, 3.05) is 31.1 Å². The van der Waals surface area contributed by atoms with Gasteiger partial charge in [-0.2, -0.15) is 0 Å². The van der Waals surface area contributed by atoms with Crippen LogP contribution in [0.4, 0.5) is 10.5 Å². The molecule has 23 heavy (non-hydrogen) atoms. The molecule has 3 heterocycles. The Morgan fingerprint density at radius 1 is 1.22 bits per heavy atom. The second kappa shape index (κ2) is 5.53. The number of rotatable bonds is 2. The lowest BCUT2D eigenvalue weighted by Gasteiger charge is -2.35. The van der Waals surface area contributed by atoms with Crippen LogP contribution in [-0.2, 0) is 0 Å². The van der Waals surface area contributed by atoms with E-state index in [1.165, 1.54) is 0 Å². The molecular formula is C17H22N4O2. The van der Waals surface area contributed by atoms with E-state index in [9.17, 15) is 9.59 Å². The number of amides is 3. The van der Waals surface area contributed by atoms with E-state index < -0.39 is 0 Å². The van der Waals surface area contributed by atoms with Crippen molar-refractivity contribution in [2.45, 2.75) is 31.8 Å². The van der Waals surface area contributed by atoms with E-state index in [4.69, 9.17) is 0 Å². The zero-order chi connectivity index (χ0) is 16.0. The zero-order valence-electron chi connectivity index (χ0n) is 13.3. The molecule has 4 rings (SSSR count). The molecular weight excluding hydrogens is 292 g/mol. The molecule has 6 heteroatoms. The number of nitrogens with zero attached hydrogens (tertiary/aromatic N) is 2. The monoisotopic (exact) mass is 314 g/mol. The van der Waals surface area contributed by atoms with Crippen LogP contribution in [0.1, 0.15) is 28.8 Å². The maximum Gasteiger partial charge on any atom is 0.322 e. The fourth-order valence-electron chi connectivity index (χ4n) is 3.99. The van der Waals surface area contributed by atoms with Crippen LogP contribution in [-0.4, -0.2) is 55.1 Å². The minimum Gasteiger partial charge on any atom is -0.336 e. The second-order valence-corrected chi connectivity index (χ2v) is 6.64. The maximum atomic E-state index is 13.0. The lowest BCUT2D eigenvalue weighted by atomic mass is 10.1. The summed E-state index contributed by atoms with van der Waals surface area (Å²) in [6.07, 6.45) is 2.16. The first-order chi connectivity index (χ1) is 11.1. The van der Waals surface area contributed by atoms with Crippen molar-refractivity contribution >= 4 is 17.6 Å². The van der Waals surface area contributed by atoms with Crippen molar-refractivity contribution in [1.29, 1.82) is 0 Å². The molecule has 3 amide bonds. The topological polar surface area (TPSA) is 64.7 Å². The molecule has 1 aromatic carbocycles. The largest absolute Gasteiger partial charge is 0.336 e. The van der Waals surface area contributed by atoms with E-state index in [0.717, 1.165) is 37.2 Å². The third-order valence-corrected chi connectivity index (χ3v) is 5.22. The first-order valence-electron chi connectivity index (χ1n) is 8.34. The van der Waals surface area contributed by atoms with Gasteiger partial charge in [0.1, 0.15) is 0 Å². The fraction of sp³-hybridized carbons (Fsp3) is 0.529. The predicted octanol–water partition coefficient (Wildman–Crippen LogP) is 1.10. The van der Waals surface area contributed by atoms with Crippen LogP contribution in [0.3, 0.4) is 0 Å². The van der Waals surface area contributed by atoms with Crippen molar-refractivity contribution in [2.24, 2.45) is 0 Å². The summed E-state index contributed by atoms with van der Waals surface area (Å²) >= 11 is 0. The number of fused-ring (bicyclic) bond motifs is 2. The van der Waals surface area contributed by atoms with Crippen LogP contribution in [0.15, 0.2) is 18.2 Å². The first kappa shape index (κ1) is 14.5. The summed E-state index contributed by atoms with van der Waals surface area (Å²) in [4.78, 5) is 28.7. The molecule has 0 aliphatic carbocycles. The third kappa shape index (κ3) is 2.37. The number of hydrogen-bond acceptors (Lipinski definition) is 3. The maximum absolute atomic E-state index is 13.0. The highest BCUT2D eigenvalue weighted by atomic mass is 16.2. The Kier molecular flexibility index (Phi) is 3.49. The van der Waals surface area contributed by atoms with Gasteiger partial charge >= 0.3 is 6.03 Å². The van der Waals surface area contributed by atoms with Gasteiger partial charge in [-0.1, -0.05) is 6.07 Å². The standard InChI is InChI=1S/C17H22N4O2/c1-11-2-3-12(8-15(11)20-7-6-19-17(20)23)16(22)21-13-4-5-14(21)10-18-9-13/h2-3,8,13-14,18H,4-7,9-10H2,1H3,(H,19,23)/t13-,14+. The van der Waals surface area contributed by atoms with Gasteiger partial charge < -0.3 is 15.5 Å². The number of piperazine rings is 1. The Hall–Kier alpha value is -2.08. The van der Waals surface area contributed by atoms with E-state index in [2.05, 4.69) is 15.5 Å². The average molecular weight is 314 g/mol. The number of carbonyl (C=O) groups excluding carboxylic acids is 2. The number of urea groups is 1. The molecule has 3 fully saturated rings. The van der Waals surface area contributed by atoms with Gasteiger partial charge in [0.25, 0.3) is 5.91 Å². The van der Waals surface area contributed by atoms with Gasteiger partial charge in [0, 0.05) is 49.5 Å². The molecule has 1 aromatic rings. The molecule has 6 nitrogen and oxygen atoms in total. The molecule has 2 atom stereocenters. The van der Waals surface area contributed by atoms with E-state index in [0.29, 0.717) is 30.7 Å². The first-order valence-corrected chi connectivity index (χ1v) is 8.34. The van der Waals surface area contributed by atoms with Crippen LogP contribution < -0.4 is 15.5 Å². The normalized spacial score (nSPS) is 26.6. The van der Waals surface area contributed by atoms with Gasteiger partial charge in [0.2, 0.25) is 0 Å². The molecule has 3 saturated heterocycles. The average Bonchev–Trinajstić information content (AvgIpc) is 3.08. The van der Waals surface area contributed by atoms with Crippen LogP contribution in [0, 0.1) is 6.92 Å². The summed E-state index contributed by atoms with van der Waals surface area (Å²) < 4.78 is 0. The fourth-order valence-corrected chi connectivity index (χ4v) is 3.99. The Bertz CT molecular complexity index is 644. The summed E-state index contributed by atoms with van der Waals surface area (Å²) in [5.41, 5.74) is 2.54. The number of anilines is 1. The van der Waals surface area contributed by atoms with Gasteiger partial charge in [-0.25, -0.2) is 4.79 Å². The molecule has 3 aliphatic heterocycles. The predicted molar refractivity (Wildman–Crippen MR) is 87.8 cm³/mol. The third-order valence-electron chi connectivity index (χ3n) is 5.22. The smallest absolute Gasteiger partial charge is 0.322 e. The van der Waals surface area contributed by atoms with Crippen molar-refractivity contribution in [3.63, 3.8) is 0 Å². The SMILES string of the molecule is Cc1ccc(C(=O)N2[C@@H]3CC[C@H]2CNC3)cc1N1CCNC1=O. The van der Waals surface area contributed by atoms with Gasteiger partial charge in [-0.15, -0.1) is 0 Å². The van der Waals surface area contributed by atoms with Crippen molar-refractivity contribution in [3.8, 4) is 0 Å². The highest BCUT2D eigenvalue weighted by molar-refractivity contribution is 5.99. The van der Waals surface area contributed by atoms with Crippen molar-refractivity contribution < 1.29 is 9.59 Å². The molecule has 2 N–H and O–H groups in total. The lowest BCUT2D eigenvalue weighted by Crippen LogP contribution is -2.54. The molecule has 0 saturated carbocycles. The highest BCUT2D eigenvalue weighted by Crippen LogP contribution is 2.30. The number of benzene rings is 1. The van der Waals surface area contributed by atoms with Gasteiger partial charge in [-0.3, -0.25) is 9.69 Å². The number of carbonyl (C=O) groups is 2. The quantitative estimate of drug-likeness (QED) is 0.859. The molecule has 122 valence electrons. The number of nitrogens with one attached hydrogen (secondary N) is 2. The number of aryl methyl sites for hydroxylation is 1. The molecule has 0 radical (unpaired) electrons. The van der Waals surface area contributed by atoms with E-state index in [1.807, 2.05) is 25.1 Å². The Balaban J connectivity index is 1.64. The Morgan fingerprint density at radius 3 is 2.61 bits per heavy atom. The van der Waals surface area contributed by atoms with Crippen LogP contribution >= 0.6 is 0 Å². The summed E-state index contributed by atoms with van der Waals surface area (Å²) in [6, 6.07) is 6.24. The second-order valence-electron chi connectivity index (χ2n) is 6.64.